The van der Waals surface area contributed by atoms with Crippen LogP contribution in [-0.4, -0.2) is 0 Å². The summed E-state index contributed by atoms with van der Waals surface area (Å²) in [4.78, 5) is 0. The van der Waals surface area contributed by atoms with Gasteiger partial charge in [-0.1, -0.05) is 100 Å². The summed E-state index contributed by atoms with van der Waals surface area (Å²) in [5, 5.41) is 0. The average molecular weight is 272 g/mol. The molecule has 20 heavy (non-hydrogen) atoms. The van der Waals surface area contributed by atoms with E-state index < -0.39 is 0 Å². The van der Waals surface area contributed by atoms with Crippen LogP contribution in [0.5, 0.6) is 0 Å². The highest BCUT2D eigenvalue weighted by Crippen LogP contribution is 2.11. The van der Waals surface area contributed by atoms with Crippen LogP contribution < -0.4 is 0 Å². The van der Waals surface area contributed by atoms with Gasteiger partial charge in [-0.15, -0.1) is 0 Å². The van der Waals surface area contributed by atoms with E-state index >= 15 is 0 Å². The molecule has 0 spiro atoms. The zero-order valence-corrected chi connectivity index (χ0v) is 13.5. The summed E-state index contributed by atoms with van der Waals surface area (Å²) in [5.41, 5.74) is 2.68. The van der Waals surface area contributed by atoms with Gasteiger partial charge in [-0.2, -0.15) is 0 Å². The number of benzene rings is 1. The van der Waals surface area contributed by atoms with Crippen molar-refractivity contribution in [1.29, 1.82) is 0 Å². The Kier molecular flexibility index (Phi) is 10.0. The van der Waals surface area contributed by atoms with E-state index in [-0.39, 0.29) is 0 Å². The van der Waals surface area contributed by atoms with Crippen molar-refractivity contribution < 1.29 is 0 Å². The SMILES string of the molecule is CCCCCCCCCCC/C=C\c1cccc(C)c1. The summed E-state index contributed by atoms with van der Waals surface area (Å²) < 4.78 is 0. The van der Waals surface area contributed by atoms with Crippen molar-refractivity contribution in [2.45, 2.75) is 78.1 Å². The van der Waals surface area contributed by atoms with Gasteiger partial charge >= 0.3 is 0 Å². The molecule has 0 N–H and O–H groups in total. The third-order valence-electron chi connectivity index (χ3n) is 3.83. The van der Waals surface area contributed by atoms with Crippen LogP contribution in [0.1, 0.15) is 82.3 Å². The molecule has 0 radical (unpaired) electrons. The minimum atomic E-state index is 1.23. The molecule has 112 valence electrons. The Morgan fingerprint density at radius 1 is 0.850 bits per heavy atom. The van der Waals surface area contributed by atoms with Gasteiger partial charge in [0.25, 0.3) is 0 Å². The monoisotopic (exact) mass is 272 g/mol. The van der Waals surface area contributed by atoms with Gasteiger partial charge in [0.1, 0.15) is 0 Å². The first-order valence-corrected chi connectivity index (χ1v) is 8.56. The van der Waals surface area contributed by atoms with Crippen molar-refractivity contribution in [2.24, 2.45) is 0 Å². The second-order valence-corrected chi connectivity index (χ2v) is 5.93. The molecule has 0 aromatic heterocycles. The second kappa shape index (κ2) is 11.8. The van der Waals surface area contributed by atoms with Gasteiger partial charge in [-0.25, -0.2) is 0 Å². The molecular formula is C20H32. The van der Waals surface area contributed by atoms with Crippen LogP contribution in [-0.2, 0) is 0 Å². The van der Waals surface area contributed by atoms with E-state index in [1.54, 1.807) is 0 Å². The van der Waals surface area contributed by atoms with E-state index in [1.165, 1.54) is 75.3 Å². The zero-order valence-electron chi connectivity index (χ0n) is 13.5. The quantitative estimate of drug-likeness (QED) is 0.383. The first kappa shape index (κ1) is 17.0. The largest absolute Gasteiger partial charge is 0.0839 e. The second-order valence-electron chi connectivity index (χ2n) is 5.93. The fourth-order valence-corrected chi connectivity index (χ4v) is 2.57. The van der Waals surface area contributed by atoms with Crippen LogP contribution in [0.2, 0.25) is 0 Å². The van der Waals surface area contributed by atoms with Crippen LogP contribution >= 0.6 is 0 Å². The molecule has 0 aliphatic carbocycles. The number of rotatable bonds is 11. The van der Waals surface area contributed by atoms with Crippen molar-refractivity contribution in [3.8, 4) is 0 Å². The lowest BCUT2D eigenvalue weighted by atomic mass is 10.1. The maximum absolute atomic E-state index is 2.33. The van der Waals surface area contributed by atoms with E-state index in [9.17, 15) is 0 Å². The van der Waals surface area contributed by atoms with Crippen LogP contribution in [0.4, 0.5) is 0 Å². The molecule has 0 fully saturated rings. The molecule has 0 aliphatic rings. The predicted molar refractivity (Wildman–Crippen MR) is 92.1 cm³/mol. The Morgan fingerprint density at radius 2 is 1.50 bits per heavy atom. The van der Waals surface area contributed by atoms with Crippen LogP contribution in [0.15, 0.2) is 30.3 Å². The van der Waals surface area contributed by atoms with Crippen LogP contribution in [0, 0.1) is 6.92 Å². The molecule has 1 aromatic carbocycles. The molecule has 0 nitrogen and oxygen atoms in total. The Bertz CT molecular complexity index is 362. The molecule has 1 rings (SSSR count). The van der Waals surface area contributed by atoms with Crippen molar-refractivity contribution in [3.63, 3.8) is 0 Å². The Balaban J connectivity index is 1.94. The minimum Gasteiger partial charge on any atom is -0.0839 e. The number of unbranched alkanes of at least 4 members (excludes halogenated alkanes) is 9. The summed E-state index contributed by atoms with van der Waals surface area (Å²) in [7, 11) is 0. The van der Waals surface area contributed by atoms with Gasteiger partial charge in [-0.3, -0.25) is 0 Å². The summed E-state index contributed by atoms with van der Waals surface area (Å²) in [6, 6.07) is 8.71. The Morgan fingerprint density at radius 3 is 2.15 bits per heavy atom. The normalized spacial score (nSPS) is 11.3. The average Bonchev–Trinajstić information content (AvgIpc) is 2.45. The first-order chi connectivity index (χ1) is 9.83. The molecule has 0 unspecified atom stereocenters. The van der Waals surface area contributed by atoms with Gasteiger partial charge < -0.3 is 0 Å². The standard InChI is InChI=1S/C20H32/c1-3-4-5-6-7-8-9-10-11-12-13-16-20-17-14-15-19(2)18-20/h13-18H,3-12H2,1-2H3/b16-13-. The number of hydrogen-bond donors (Lipinski definition) is 0. The smallest absolute Gasteiger partial charge is 0.0257 e. The van der Waals surface area contributed by atoms with E-state index in [0.717, 1.165) is 0 Å². The zero-order chi connectivity index (χ0) is 14.5. The van der Waals surface area contributed by atoms with E-state index in [0.29, 0.717) is 0 Å². The van der Waals surface area contributed by atoms with Crippen molar-refractivity contribution >= 4 is 6.08 Å². The van der Waals surface area contributed by atoms with Crippen LogP contribution in [0.3, 0.4) is 0 Å². The lowest BCUT2D eigenvalue weighted by molar-refractivity contribution is 0.566. The predicted octanol–water partition coefficient (Wildman–Crippen LogP) is 6.93. The highest BCUT2D eigenvalue weighted by molar-refractivity contribution is 5.49. The number of allylic oxidation sites excluding steroid dienone is 1. The minimum absolute atomic E-state index is 1.23. The molecule has 0 heteroatoms. The summed E-state index contributed by atoms with van der Waals surface area (Å²) in [6.07, 6.45) is 18.5. The molecule has 0 saturated heterocycles. The lowest BCUT2D eigenvalue weighted by Gasteiger charge is -2.00. The van der Waals surface area contributed by atoms with Crippen molar-refractivity contribution in [1.82, 2.24) is 0 Å². The molecular weight excluding hydrogens is 240 g/mol. The Hall–Kier alpha value is -1.04. The summed E-state index contributed by atoms with van der Waals surface area (Å²) in [6.45, 7) is 4.43. The maximum atomic E-state index is 2.33. The molecule has 0 amide bonds. The van der Waals surface area contributed by atoms with E-state index in [1.807, 2.05) is 0 Å². The van der Waals surface area contributed by atoms with Gasteiger partial charge in [0.2, 0.25) is 0 Å². The summed E-state index contributed by atoms with van der Waals surface area (Å²) in [5.74, 6) is 0. The van der Waals surface area contributed by atoms with Gasteiger partial charge in [0.05, 0.1) is 0 Å². The van der Waals surface area contributed by atoms with Crippen molar-refractivity contribution in [2.75, 3.05) is 0 Å². The third kappa shape index (κ3) is 8.96. The van der Waals surface area contributed by atoms with Crippen LogP contribution in [0.25, 0.3) is 6.08 Å². The fraction of sp³-hybridized carbons (Fsp3) is 0.600. The van der Waals surface area contributed by atoms with E-state index in [2.05, 4.69) is 50.3 Å². The summed E-state index contributed by atoms with van der Waals surface area (Å²) >= 11 is 0. The Labute approximate surface area is 126 Å². The third-order valence-corrected chi connectivity index (χ3v) is 3.83. The van der Waals surface area contributed by atoms with E-state index in [4.69, 9.17) is 0 Å². The van der Waals surface area contributed by atoms with Gasteiger partial charge in [0.15, 0.2) is 0 Å². The van der Waals surface area contributed by atoms with Gasteiger partial charge in [0, 0.05) is 0 Å². The molecule has 1 aromatic rings. The lowest BCUT2D eigenvalue weighted by Crippen LogP contribution is -1.80. The number of aryl methyl sites for hydroxylation is 1. The highest BCUT2D eigenvalue weighted by atomic mass is 14.0. The molecule has 0 bridgehead atoms. The maximum Gasteiger partial charge on any atom is -0.0257 e. The highest BCUT2D eigenvalue weighted by Gasteiger charge is 1.91. The molecule has 0 heterocycles. The molecule has 0 aliphatic heterocycles. The first-order valence-electron chi connectivity index (χ1n) is 8.56. The topological polar surface area (TPSA) is 0 Å². The van der Waals surface area contributed by atoms with Gasteiger partial charge in [-0.05, 0) is 25.3 Å². The molecule has 0 saturated carbocycles. The van der Waals surface area contributed by atoms with Crippen molar-refractivity contribution in [3.05, 3.63) is 41.5 Å². The number of hydrogen-bond acceptors (Lipinski definition) is 0. The molecule has 0 atom stereocenters. The fourth-order valence-electron chi connectivity index (χ4n) is 2.57.